The van der Waals surface area contributed by atoms with Crippen molar-refractivity contribution in [3.63, 3.8) is 0 Å². The van der Waals surface area contributed by atoms with Gasteiger partial charge in [0.15, 0.2) is 0 Å². The van der Waals surface area contributed by atoms with Gasteiger partial charge in [-0.25, -0.2) is 0 Å². The van der Waals surface area contributed by atoms with E-state index in [0.29, 0.717) is 27.1 Å². The third-order valence-corrected chi connectivity index (χ3v) is 16.5. The van der Waals surface area contributed by atoms with Gasteiger partial charge < -0.3 is 0 Å². The van der Waals surface area contributed by atoms with Crippen molar-refractivity contribution in [3.8, 4) is 22.3 Å². The predicted molar refractivity (Wildman–Crippen MR) is 486 cm³/mol. The van der Waals surface area contributed by atoms with Crippen LogP contribution in [0.15, 0.2) is 303 Å². The van der Waals surface area contributed by atoms with Crippen LogP contribution in [0.4, 0.5) is 0 Å². The van der Waals surface area contributed by atoms with Gasteiger partial charge in [-0.1, -0.05) is 539 Å². The maximum Gasteiger partial charge on any atom is -0.0126 e. The molecule has 11 rings (SSSR count). The van der Waals surface area contributed by atoms with Gasteiger partial charge in [0.1, 0.15) is 0 Å². The molecule has 0 radical (unpaired) electrons. The summed E-state index contributed by atoms with van der Waals surface area (Å²) < 4.78 is 0. The Morgan fingerprint density at radius 1 is 0.142 bits per heavy atom. The van der Waals surface area contributed by atoms with E-state index in [-0.39, 0.29) is 16.2 Å². The predicted octanol–water partition coefficient (Wildman–Crippen LogP) is 33.5. The highest BCUT2D eigenvalue weighted by Crippen LogP contribution is 2.34. The van der Waals surface area contributed by atoms with Gasteiger partial charge in [0.2, 0.25) is 0 Å². The summed E-state index contributed by atoms with van der Waals surface area (Å²) in [4.78, 5) is 0. The molecule has 0 amide bonds. The number of benzene rings is 11. The van der Waals surface area contributed by atoms with Gasteiger partial charge in [0.05, 0.1) is 0 Å². The molecule has 0 N–H and O–H groups in total. The second-order valence-electron chi connectivity index (χ2n) is 33.2. The zero-order valence-corrected chi connectivity index (χ0v) is 73.9. The molecule has 11 aromatic rings. The molecule has 0 aromatic heterocycles. The van der Waals surface area contributed by atoms with Crippen molar-refractivity contribution < 1.29 is 0 Å². The Morgan fingerprint density at radius 3 is 0.604 bits per heavy atom. The molecule has 0 fully saturated rings. The van der Waals surface area contributed by atoms with E-state index in [2.05, 4.69) is 463 Å². The molecule has 0 spiro atoms. The first-order chi connectivity index (χ1) is 49.8. The number of hydrogen-bond acceptors (Lipinski definition) is 0. The van der Waals surface area contributed by atoms with E-state index in [1.807, 2.05) is 75.3 Å². The smallest absolute Gasteiger partial charge is 0.0126 e. The first kappa shape index (κ1) is 99.7. The summed E-state index contributed by atoms with van der Waals surface area (Å²) in [6.45, 7) is 73.6. The van der Waals surface area contributed by atoms with Crippen LogP contribution in [0.3, 0.4) is 0 Å². The van der Waals surface area contributed by atoms with Crippen LogP contribution in [0.2, 0.25) is 0 Å². The van der Waals surface area contributed by atoms with Crippen molar-refractivity contribution in [1.82, 2.24) is 0 Å². The molecule has 0 saturated heterocycles. The molecule has 0 aliphatic heterocycles. The van der Waals surface area contributed by atoms with Crippen LogP contribution in [0.25, 0.3) is 33.0 Å². The SMILES string of the molecule is CC.CC.CC.CC.CC.CC(C)(C)c1ccc(-c2ccccc2)cc1.CC(C)(C)c1cccc2ccccc12.CC(C)(C)c1ccccc1.CC(C)(C)c1ccccc1.CC(C)(C)c1ccccc1.CC(C)(C)c1ccccc1.CC(C)(C)c1ccccc1.CC(C)(C)c1ccccc1-c1ccccc1. The second kappa shape index (κ2) is 51.0. The molecular weight excluding hydrogens is 1270 g/mol. The van der Waals surface area contributed by atoms with Gasteiger partial charge in [-0.15, -0.1) is 0 Å². The van der Waals surface area contributed by atoms with Gasteiger partial charge in [-0.05, 0) is 121 Å². The molecular formula is C106H152. The lowest BCUT2D eigenvalue weighted by atomic mass is 9.82. The van der Waals surface area contributed by atoms with Crippen molar-refractivity contribution in [3.05, 3.63) is 348 Å². The van der Waals surface area contributed by atoms with E-state index >= 15 is 0 Å². The first-order valence-electron chi connectivity index (χ1n) is 39.8. The van der Waals surface area contributed by atoms with E-state index in [1.54, 1.807) is 0 Å². The average molecular weight is 1430 g/mol. The normalized spacial score (nSPS) is 10.7. The molecule has 0 saturated carbocycles. The Labute approximate surface area is 655 Å². The lowest BCUT2D eigenvalue weighted by Gasteiger charge is -2.23. The molecule has 0 heterocycles. The van der Waals surface area contributed by atoms with Gasteiger partial charge in [-0.3, -0.25) is 0 Å². The van der Waals surface area contributed by atoms with E-state index in [9.17, 15) is 0 Å². The molecule has 11 aromatic carbocycles. The Kier molecular flexibility index (Phi) is 48.0. The summed E-state index contributed by atoms with van der Waals surface area (Å²) in [6, 6.07) is 106. The van der Waals surface area contributed by atoms with Crippen molar-refractivity contribution in [2.45, 2.75) is 279 Å². The highest BCUT2D eigenvalue weighted by Gasteiger charge is 2.20. The summed E-state index contributed by atoms with van der Waals surface area (Å²) in [5, 5.41) is 2.71. The van der Waals surface area contributed by atoms with Crippen molar-refractivity contribution in [2.24, 2.45) is 0 Å². The second-order valence-corrected chi connectivity index (χ2v) is 33.2. The number of hydrogen-bond donors (Lipinski definition) is 0. The fourth-order valence-corrected chi connectivity index (χ4v) is 10.4. The van der Waals surface area contributed by atoms with Gasteiger partial charge in [-0.2, -0.15) is 0 Å². The summed E-state index contributed by atoms with van der Waals surface area (Å²) in [7, 11) is 0. The zero-order valence-electron chi connectivity index (χ0n) is 73.9. The van der Waals surface area contributed by atoms with Crippen LogP contribution in [0.5, 0.6) is 0 Å². The van der Waals surface area contributed by atoms with E-state index < -0.39 is 0 Å². The van der Waals surface area contributed by atoms with Crippen molar-refractivity contribution in [2.75, 3.05) is 0 Å². The average Bonchev–Trinajstić information content (AvgIpc) is 0.810. The minimum atomic E-state index is 0.187. The van der Waals surface area contributed by atoms with Crippen LogP contribution in [0.1, 0.15) is 280 Å². The minimum absolute atomic E-state index is 0.187. The van der Waals surface area contributed by atoms with E-state index in [4.69, 9.17) is 0 Å². The topological polar surface area (TPSA) is 0 Å². The van der Waals surface area contributed by atoms with Crippen LogP contribution in [0, 0.1) is 0 Å². The molecule has 0 bridgehead atoms. The summed E-state index contributed by atoms with van der Waals surface area (Å²) in [5.74, 6) is 0. The van der Waals surface area contributed by atoms with Crippen LogP contribution < -0.4 is 0 Å². The maximum absolute atomic E-state index is 2.26. The van der Waals surface area contributed by atoms with Crippen LogP contribution in [-0.2, 0) is 43.3 Å². The largest absolute Gasteiger partial charge is 0.0683 e. The van der Waals surface area contributed by atoms with Crippen LogP contribution >= 0.6 is 0 Å². The highest BCUT2D eigenvalue weighted by molar-refractivity contribution is 5.86. The molecule has 0 nitrogen and oxygen atoms in total. The standard InChI is InChI=1S/2C16H18.C14H16.5C10H14.5C2H6/c1-16(2,3)15-12-8-7-11-14(15)13-9-5-4-6-10-13;1-16(2,3)15-11-9-14(10-12-15)13-7-5-4-6-8-13;1-14(2,3)13-10-6-8-11-7-4-5-9-12(11)13;5*1-10(2,3)9-7-5-4-6-8-9;5*1-2/h2*4-12H,1-3H3;4-10H,1-3H3;5*4-8H,1-3H3;5*1-2H3. The quantitative estimate of drug-likeness (QED) is 0.162. The Bertz CT molecular complexity index is 3550. The van der Waals surface area contributed by atoms with Gasteiger partial charge in [0.25, 0.3) is 0 Å². The maximum atomic E-state index is 2.26. The van der Waals surface area contributed by atoms with Crippen LogP contribution in [-0.4, -0.2) is 0 Å². The molecule has 0 heteroatoms. The fraction of sp³-hybridized carbons (Fsp3) is 0.396. The minimum Gasteiger partial charge on any atom is -0.0683 e. The summed E-state index contributed by atoms with van der Waals surface area (Å²) >= 11 is 0. The van der Waals surface area contributed by atoms with Gasteiger partial charge >= 0.3 is 0 Å². The van der Waals surface area contributed by atoms with E-state index in [0.717, 1.165) is 0 Å². The fourth-order valence-electron chi connectivity index (χ4n) is 10.4. The van der Waals surface area contributed by atoms with Crippen molar-refractivity contribution >= 4 is 10.8 Å². The Hall–Kier alpha value is -8.32. The first-order valence-corrected chi connectivity index (χ1v) is 39.8. The monoisotopic (exact) mass is 1430 g/mol. The third-order valence-electron chi connectivity index (χ3n) is 16.5. The number of rotatable bonds is 2. The molecule has 0 atom stereocenters. The lowest BCUT2D eigenvalue weighted by molar-refractivity contribution is 0.590. The molecule has 0 unspecified atom stereocenters. The molecule has 106 heavy (non-hydrogen) atoms. The lowest BCUT2D eigenvalue weighted by Crippen LogP contribution is -2.12. The summed E-state index contributed by atoms with van der Waals surface area (Å²) in [6.07, 6.45) is 0. The third kappa shape index (κ3) is 40.4. The van der Waals surface area contributed by atoms with E-state index in [1.165, 1.54) is 77.5 Å². The Balaban J connectivity index is 0. The molecule has 576 valence electrons. The zero-order chi connectivity index (χ0) is 81.4. The van der Waals surface area contributed by atoms with Gasteiger partial charge in [0, 0.05) is 0 Å². The number of fused-ring (bicyclic) bond motifs is 1. The highest BCUT2D eigenvalue weighted by atomic mass is 14.2. The molecule has 0 aliphatic rings. The summed E-state index contributed by atoms with van der Waals surface area (Å²) in [5.41, 5.74) is 18.5. The Morgan fingerprint density at radius 2 is 0.340 bits per heavy atom. The molecule has 0 aliphatic carbocycles. The van der Waals surface area contributed by atoms with Crippen molar-refractivity contribution in [1.29, 1.82) is 0 Å².